The summed E-state index contributed by atoms with van der Waals surface area (Å²) in [4.78, 5) is 5.43. The second-order valence-corrected chi connectivity index (χ2v) is 5.69. The zero-order valence-electron chi connectivity index (χ0n) is 10.9. The van der Waals surface area contributed by atoms with Gasteiger partial charge < -0.3 is 9.84 Å². The van der Waals surface area contributed by atoms with Crippen molar-refractivity contribution in [3.63, 3.8) is 0 Å². The molecule has 0 aliphatic rings. The van der Waals surface area contributed by atoms with Crippen LogP contribution in [0, 0.1) is 6.92 Å². The van der Waals surface area contributed by atoms with Crippen molar-refractivity contribution in [2.24, 2.45) is 0 Å². The Morgan fingerprint density at radius 3 is 2.89 bits per heavy atom. The molecule has 2 aromatic rings. The monoisotopic (exact) mass is 297 g/mol. The summed E-state index contributed by atoms with van der Waals surface area (Å²) in [6.45, 7) is 4.26. The molecule has 2 rings (SSSR count). The Morgan fingerprint density at radius 2 is 2.26 bits per heavy atom. The van der Waals surface area contributed by atoms with Gasteiger partial charge in [-0.05, 0) is 32.0 Å². The summed E-state index contributed by atoms with van der Waals surface area (Å²) in [6.07, 6.45) is 0.220. The van der Waals surface area contributed by atoms with Crippen LogP contribution in [0.25, 0.3) is 0 Å². The molecule has 0 fully saturated rings. The Labute approximate surface area is 121 Å². The third kappa shape index (κ3) is 3.69. The summed E-state index contributed by atoms with van der Waals surface area (Å²) < 4.78 is 5.74. The average Bonchev–Trinajstić information content (AvgIpc) is 2.77. The van der Waals surface area contributed by atoms with Gasteiger partial charge in [0.2, 0.25) is 0 Å². The zero-order chi connectivity index (χ0) is 13.8. The van der Waals surface area contributed by atoms with Crippen molar-refractivity contribution in [2.45, 2.75) is 26.4 Å². The van der Waals surface area contributed by atoms with Crippen LogP contribution in [0.1, 0.15) is 29.2 Å². The predicted octanol–water partition coefficient (Wildman–Crippen LogP) is 3.78. The fourth-order valence-electron chi connectivity index (χ4n) is 1.80. The fourth-order valence-corrected chi connectivity index (χ4v) is 2.74. The largest absolute Gasteiger partial charge is 0.493 e. The normalized spacial score (nSPS) is 12.4. The van der Waals surface area contributed by atoms with Gasteiger partial charge in [0.05, 0.1) is 23.9 Å². The van der Waals surface area contributed by atoms with Crippen molar-refractivity contribution in [1.82, 2.24) is 4.98 Å². The standard InChI is InChI=1S/C14H16ClNO2S/c1-9-14(19-8-16-9)5-6-18-13-4-3-11(15)7-12(13)10(2)17/h3-4,7-8,10,17H,5-6H2,1-2H3/t10-/m0/s1. The van der Waals surface area contributed by atoms with E-state index in [9.17, 15) is 5.11 Å². The Balaban J connectivity index is 2.01. The molecule has 3 nitrogen and oxygen atoms in total. The van der Waals surface area contributed by atoms with Crippen molar-refractivity contribution in [3.8, 4) is 5.75 Å². The van der Waals surface area contributed by atoms with Gasteiger partial charge in [0.15, 0.2) is 0 Å². The van der Waals surface area contributed by atoms with Gasteiger partial charge in [0.1, 0.15) is 5.75 Å². The smallest absolute Gasteiger partial charge is 0.125 e. The van der Waals surface area contributed by atoms with E-state index < -0.39 is 6.10 Å². The third-order valence-electron chi connectivity index (χ3n) is 2.85. The van der Waals surface area contributed by atoms with Crippen LogP contribution in [0.4, 0.5) is 0 Å². The van der Waals surface area contributed by atoms with Gasteiger partial charge in [0.25, 0.3) is 0 Å². The van der Waals surface area contributed by atoms with Crippen LogP contribution in [0.3, 0.4) is 0 Å². The minimum absolute atomic E-state index is 0.560. The molecule has 1 heterocycles. The molecule has 102 valence electrons. The van der Waals surface area contributed by atoms with Gasteiger partial charge in [-0.2, -0.15) is 0 Å². The molecule has 0 unspecified atom stereocenters. The van der Waals surface area contributed by atoms with E-state index in [1.807, 2.05) is 12.4 Å². The van der Waals surface area contributed by atoms with Crippen LogP contribution in [0.15, 0.2) is 23.7 Å². The third-order valence-corrected chi connectivity index (χ3v) is 4.08. The molecule has 0 saturated carbocycles. The predicted molar refractivity (Wildman–Crippen MR) is 78.1 cm³/mol. The molecule has 1 atom stereocenters. The highest BCUT2D eigenvalue weighted by Crippen LogP contribution is 2.28. The van der Waals surface area contributed by atoms with Crippen LogP contribution in [-0.2, 0) is 6.42 Å². The first kappa shape index (κ1) is 14.3. The second-order valence-electron chi connectivity index (χ2n) is 4.32. The number of aliphatic hydroxyl groups excluding tert-OH is 1. The molecule has 0 saturated heterocycles. The molecule has 1 aromatic carbocycles. The number of ether oxygens (including phenoxy) is 1. The number of hydrogen-bond donors (Lipinski definition) is 1. The molecule has 0 aliphatic heterocycles. The van der Waals surface area contributed by atoms with Crippen molar-refractivity contribution in [2.75, 3.05) is 6.61 Å². The van der Waals surface area contributed by atoms with Gasteiger partial charge in [0, 0.05) is 21.9 Å². The van der Waals surface area contributed by atoms with E-state index in [-0.39, 0.29) is 0 Å². The van der Waals surface area contributed by atoms with Gasteiger partial charge >= 0.3 is 0 Å². The lowest BCUT2D eigenvalue weighted by Crippen LogP contribution is -2.04. The van der Waals surface area contributed by atoms with E-state index >= 15 is 0 Å². The molecule has 0 amide bonds. The zero-order valence-corrected chi connectivity index (χ0v) is 12.5. The second kappa shape index (κ2) is 6.37. The molecule has 0 spiro atoms. The maximum atomic E-state index is 9.71. The lowest BCUT2D eigenvalue weighted by atomic mass is 10.1. The maximum absolute atomic E-state index is 9.71. The molecular formula is C14H16ClNO2S. The number of benzene rings is 1. The summed E-state index contributed by atoms with van der Waals surface area (Å²) in [6, 6.07) is 5.30. The minimum Gasteiger partial charge on any atom is -0.493 e. The number of aryl methyl sites for hydroxylation is 1. The first-order valence-electron chi connectivity index (χ1n) is 6.07. The van der Waals surface area contributed by atoms with E-state index in [1.54, 1.807) is 36.5 Å². The number of hydrogen-bond acceptors (Lipinski definition) is 4. The Morgan fingerprint density at radius 1 is 1.47 bits per heavy atom. The van der Waals surface area contributed by atoms with Crippen LogP contribution < -0.4 is 4.74 Å². The average molecular weight is 298 g/mol. The van der Waals surface area contributed by atoms with Crippen molar-refractivity contribution in [3.05, 3.63) is 44.9 Å². The number of halogens is 1. The maximum Gasteiger partial charge on any atom is 0.125 e. The summed E-state index contributed by atoms with van der Waals surface area (Å²) in [7, 11) is 0. The SMILES string of the molecule is Cc1ncsc1CCOc1ccc(Cl)cc1[C@H](C)O. The number of aromatic nitrogens is 1. The number of nitrogens with zero attached hydrogens (tertiary/aromatic N) is 1. The van der Waals surface area contributed by atoms with Gasteiger partial charge in [-0.25, -0.2) is 4.98 Å². The quantitative estimate of drug-likeness (QED) is 0.913. The molecular weight excluding hydrogens is 282 g/mol. The highest BCUT2D eigenvalue weighted by Gasteiger charge is 2.10. The molecule has 0 radical (unpaired) electrons. The van der Waals surface area contributed by atoms with Crippen LogP contribution in [0.2, 0.25) is 5.02 Å². The lowest BCUT2D eigenvalue weighted by molar-refractivity contribution is 0.191. The Bertz CT molecular complexity index is 554. The van der Waals surface area contributed by atoms with Crippen LogP contribution >= 0.6 is 22.9 Å². The summed E-state index contributed by atoms with van der Waals surface area (Å²) in [5, 5.41) is 10.3. The summed E-state index contributed by atoms with van der Waals surface area (Å²) in [5.41, 5.74) is 3.61. The Kier molecular flexibility index (Phi) is 4.80. The Hall–Kier alpha value is -1.10. The minimum atomic E-state index is -0.598. The van der Waals surface area contributed by atoms with Gasteiger partial charge in [-0.15, -0.1) is 11.3 Å². The number of thiazole rings is 1. The van der Waals surface area contributed by atoms with E-state index in [2.05, 4.69) is 4.98 Å². The van der Waals surface area contributed by atoms with E-state index in [1.165, 1.54) is 4.88 Å². The molecule has 0 aliphatic carbocycles. The topological polar surface area (TPSA) is 42.4 Å². The van der Waals surface area contributed by atoms with Crippen LogP contribution in [-0.4, -0.2) is 16.7 Å². The number of aliphatic hydroxyl groups is 1. The molecule has 1 N–H and O–H groups in total. The lowest BCUT2D eigenvalue weighted by Gasteiger charge is -2.13. The summed E-state index contributed by atoms with van der Waals surface area (Å²) in [5.74, 6) is 0.682. The van der Waals surface area contributed by atoms with E-state index in [4.69, 9.17) is 16.3 Å². The molecule has 5 heteroatoms. The van der Waals surface area contributed by atoms with E-state index in [0.29, 0.717) is 22.9 Å². The fraction of sp³-hybridized carbons (Fsp3) is 0.357. The summed E-state index contributed by atoms with van der Waals surface area (Å²) >= 11 is 7.56. The van der Waals surface area contributed by atoms with E-state index in [0.717, 1.165) is 12.1 Å². The first-order valence-corrected chi connectivity index (χ1v) is 7.33. The van der Waals surface area contributed by atoms with Gasteiger partial charge in [-0.1, -0.05) is 11.6 Å². The van der Waals surface area contributed by atoms with Crippen molar-refractivity contribution < 1.29 is 9.84 Å². The first-order chi connectivity index (χ1) is 9.08. The molecule has 19 heavy (non-hydrogen) atoms. The molecule has 0 bridgehead atoms. The van der Waals surface area contributed by atoms with Crippen molar-refractivity contribution in [1.29, 1.82) is 0 Å². The highest BCUT2D eigenvalue weighted by molar-refractivity contribution is 7.09. The van der Waals surface area contributed by atoms with Crippen molar-refractivity contribution >= 4 is 22.9 Å². The highest BCUT2D eigenvalue weighted by atomic mass is 35.5. The van der Waals surface area contributed by atoms with Gasteiger partial charge in [-0.3, -0.25) is 0 Å². The molecule has 1 aromatic heterocycles. The van der Waals surface area contributed by atoms with Crippen LogP contribution in [0.5, 0.6) is 5.75 Å². The number of rotatable bonds is 5.